The minimum Gasteiger partial charge on any atom is -0.465 e. The number of benzene rings is 1. The first-order chi connectivity index (χ1) is 7.75. The number of hydrogen-bond donors (Lipinski definition) is 0. The van der Waals surface area contributed by atoms with Crippen molar-refractivity contribution < 1.29 is 9.21 Å². The van der Waals surface area contributed by atoms with E-state index in [1.54, 1.807) is 48.7 Å². The number of rotatable bonds is 3. The fourth-order valence-corrected chi connectivity index (χ4v) is 1.47. The van der Waals surface area contributed by atoms with E-state index in [0.717, 1.165) is 0 Å². The predicted molar refractivity (Wildman–Crippen MR) is 63.5 cm³/mol. The number of carbonyl (C=O) groups excluding carboxylic acids is 1. The van der Waals surface area contributed by atoms with Crippen LogP contribution in [0.5, 0.6) is 0 Å². The zero-order valence-corrected chi connectivity index (χ0v) is 9.15. The van der Waals surface area contributed by atoms with Crippen molar-refractivity contribution in [3.63, 3.8) is 0 Å². The first-order valence-corrected chi connectivity index (χ1v) is 5.15. The molecule has 0 aliphatic rings. The molecule has 0 saturated carbocycles. The lowest BCUT2D eigenvalue weighted by molar-refractivity contribution is 0.104. The molecule has 0 amide bonds. The van der Waals surface area contributed by atoms with E-state index in [2.05, 4.69) is 0 Å². The van der Waals surface area contributed by atoms with Crippen molar-refractivity contribution in [2.45, 2.75) is 0 Å². The van der Waals surface area contributed by atoms with Gasteiger partial charge in [-0.3, -0.25) is 4.79 Å². The molecule has 0 N–H and O–H groups in total. The Morgan fingerprint density at radius 2 is 2.12 bits per heavy atom. The molecule has 2 nitrogen and oxygen atoms in total. The van der Waals surface area contributed by atoms with E-state index in [1.165, 1.54) is 6.08 Å². The van der Waals surface area contributed by atoms with E-state index >= 15 is 0 Å². The molecule has 0 saturated heterocycles. The molecule has 2 rings (SSSR count). The maximum absolute atomic E-state index is 11.7. The molecule has 80 valence electrons. The van der Waals surface area contributed by atoms with Gasteiger partial charge in [0.15, 0.2) is 5.78 Å². The molecule has 0 atom stereocenters. The number of halogens is 1. The van der Waals surface area contributed by atoms with E-state index in [-0.39, 0.29) is 5.78 Å². The Kier molecular flexibility index (Phi) is 3.22. The van der Waals surface area contributed by atoms with Crippen LogP contribution < -0.4 is 0 Å². The maximum Gasteiger partial charge on any atom is 0.186 e. The maximum atomic E-state index is 11.7. The zero-order valence-electron chi connectivity index (χ0n) is 8.39. The summed E-state index contributed by atoms with van der Waals surface area (Å²) in [7, 11) is 0. The molecule has 0 spiro atoms. The van der Waals surface area contributed by atoms with Gasteiger partial charge in [0.05, 0.1) is 6.26 Å². The van der Waals surface area contributed by atoms with Crippen LogP contribution >= 0.6 is 11.6 Å². The molecule has 0 unspecified atom stereocenters. The highest BCUT2D eigenvalue weighted by Gasteiger charge is 2.01. The molecule has 16 heavy (non-hydrogen) atoms. The number of carbonyl (C=O) groups is 1. The zero-order chi connectivity index (χ0) is 11.4. The van der Waals surface area contributed by atoms with Gasteiger partial charge >= 0.3 is 0 Å². The van der Waals surface area contributed by atoms with Crippen molar-refractivity contribution >= 4 is 23.5 Å². The van der Waals surface area contributed by atoms with Crippen LogP contribution in [-0.2, 0) is 0 Å². The minimum absolute atomic E-state index is 0.0982. The molecule has 1 heterocycles. The van der Waals surface area contributed by atoms with Gasteiger partial charge in [0.1, 0.15) is 5.76 Å². The van der Waals surface area contributed by atoms with Crippen molar-refractivity contribution in [2.75, 3.05) is 0 Å². The fourth-order valence-electron chi connectivity index (χ4n) is 1.28. The Morgan fingerprint density at radius 3 is 2.81 bits per heavy atom. The molecular weight excluding hydrogens is 224 g/mol. The van der Waals surface area contributed by atoms with Gasteiger partial charge in [0.25, 0.3) is 0 Å². The van der Waals surface area contributed by atoms with Gasteiger partial charge in [-0.15, -0.1) is 0 Å². The molecule has 1 aromatic carbocycles. The topological polar surface area (TPSA) is 30.2 Å². The quantitative estimate of drug-likeness (QED) is 0.595. The fraction of sp³-hybridized carbons (Fsp3) is 0. The standard InChI is InChI=1S/C13H9ClO2/c14-11-4-1-3-10(9-11)13(15)7-6-12-5-2-8-16-12/h1-9H/b7-6+. The lowest BCUT2D eigenvalue weighted by Gasteiger charge is -1.95. The van der Waals surface area contributed by atoms with Crippen LogP contribution in [0.3, 0.4) is 0 Å². The summed E-state index contributed by atoms with van der Waals surface area (Å²) in [6, 6.07) is 10.4. The SMILES string of the molecule is O=C(/C=C/c1ccco1)c1cccc(Cl)c1. The van der Waals surface area contributed by atoms with E-state index in [4.69, 9.17) is 16.0 Å². The van der Waals surface area contributed by atoms with E-state index in [1.807, 2.05) is 0 Å². The summed E-state index contributed by atoms with van der Waals surface area (Å²) in [5.74, 6) is 0.550. The summed E-state index contributed by atoms with van der Waals surface area (Å²) < 4.78 is 5.08. The number of furan rings is 1. The lowest BCUT2D eigenvalue weighted by Crippen LogP contribution is -1.92. The molecule has 0 aliphatic heterocycles. The highest BCUT2D eigenvalue weighted by molar-refractivity contribution is 6.31. The summed E-state index contributed by atoms with van der Waals surface area (Å²) >= 11 is 5.79. The van der Waals surface area contributed by atoms with Gasteiger partial charge in [-0.25, -0.2) is 0 Å². The predicted octanol–water partition coefficient (Wildman–Crippen LogP) is 3.83. The average Bonchev–Trinajstić information content (AvgIpc) is 2.78. The first kappa shape index (κ1) is 10.7. The third-order valence-corrected chi connectivity index (χ3v) is 2.29. The largest absolute Gasteiger partial charge is 0.465 e. The second-order valence-electron chi connectivity index (χ2n) is 3.22. The first-order valence-electron chi connectivity index (χ1n) is 4.77. The van der Waals surface area contributed by atoms with Crippen LogP contribution in [-0.4, -0.2) is 5.78 Å². The van der Waals surface area contributed by atoms with Crippen molar-refractivity contribution in [2.24, 2.45) is 0 Å². The molecule has 2 aromatic rings. The van der Waals surface area contributed by atoms with E-state index in [0.29, 0.717) is 16.3 Å². The third kappa shape index (κ3) is 2.61. The van der Waals surface area contributed by atoms with Gasteiger partial charge < -0.3 is 4.42 Å². The van der Waals surface area contributed by atoms with Gasteiger partial charge in [-0.05, 0) is 36.4 Å². The second-order valence-corrected chi connectivity index (χ2v) is 3.66. The van der Waals surface area contributed by atoms with Crippen molar-refractivity contribution in [1.82, 2.24) is 0 Å². The second kappa shape index (κ2) is 4.81. The molecule has 1 aromatic heterocycles. The molecule has 0 bridgehead atoms. The minimum atomic E-state index is -0.0982. The van der Waals surface area contributed by atoms with Gasteiger partial charge in [0.2, 0.25) is 0 Å². The number of allylic oxidation sites excluding steroid dienone is 1. The molecule has 3 heteroatoms. The molecule has 0 fully saturated rings. The van der Waals surface area contributed by atoms with Crippen LogP contribution in [0.4, 0.5) is 0 Å². The van der Waals surface area contributed by atoms with Gasteiger partial charge in [0, 0.05) is 10.6 Å². The number of hydrogen-bond acceptors (Lipinski definition) is 2. The van der Waals surface area contributed by atoms with Gasteiger partial charge in [-0.1, -0.05) is 23.7 Å². The summed E-state index contributed by atoms with van der Waals surface area (Å²) in [5, 5.41) is 0.553. The van der Waals surface area contributed by atoms with Crippen LogP contribution in [0, 0.1) is 0 Å². The highest BCUT2D eigenvalue weighted by Crippen LogP contribution is 2.12. The highest BCUT2D eigenvalue weighted by atomic mass is 35.5. The lowest BCUT2D eigenvalue weighted by atomic mass is 10.1. The van der Waals surface area contributed by atoms with E-state index < -0.39 is 0 Å². The Labute approximate surface area is 98.2 Å². The van der Waals surface area contributed by atoms with Gasteiger partial charge in [-0.2, -0.15) is 0 Å². The summed E-state index contributed by atoms with van der Waals surface area (Å²) in [6.07, 6.45) is 4.65. The normalized spacial score (nSPS) is 10.8. The summed E-state index contributed by atoms with van der Waals surface area (Å²) in [6.45, 7) is 0. The van der Waals surface area contributed by atoms with Crippen molar-refractivity contribution in [3.8, 4) is 0 Å². The smallest absolute Gasteiger partial charge is 0.186 e. The van der Waals surface area contributed by atoms with Crippen LogP contribution in [0.1, 0.15) is 16.1 Å². The van der Waals surface area contributed by atoms with E-state index in [9.17, 15) is 4.79 Å². The third-order valence-electron chi connectivity index (χ3n) is 2.05. The van der Waals surface area contributed by atoms with Crippen molar-refractivity contribution in [1.29, 1.82) is 0 Å². The molecule has 0 radical (unpaired) electrons. The van der Waals surface area contributed by atoms with Crippen LogP contribution in [0.15, 0.2) is 53.2 Å². The summed E-state index contributed by atoms with van der Waals surface area (Å²) in [5.41, 5.74) is 0.565. The Hall–Kier alpha value is -1.80. The van der Waals surface area contributed by atoms with Crippen LogP contribution in [0.25, 0.3) is 6.08 Å². The Morgan fingerprint density at radius 1 is 1.25 bits per heavy atom. The Balaban J connectivity index is 2.15. The number of ketones is 1. The van der Waals surface area contributed by atoms with Crippen molar-refractivity contribution in [3.05, 3.63) is 65.1 Å². The molecule has 0 aliphatic carbocycles. The van der Waals surface area contributed by atoms with Crippen LogP contribution in [0.2, 0.25) is 5.02 Å². The summed E-state index contributed by atoms with van der Waals surface area (Å²) in [4.78, 5) is 11.7. The average molecular weight is 233 g/mol. The Bertz CT molecular complexity index is 512. The monoisotopic (exact) mass is 232 g/mol. The molecular formula is C13H9ClO2.